The monoisotopic (exact) mass is 325 g/mol. The fraction of sp³-hybridized carbons (Fsp3) is 0.733. The number of nitrogens with one attached hydrogen (secondary N) is 4. The number of carbonyl (C=O) groups is 1. The number of nitrogens with zero attached hydrogens (tertiary/aromatic N) is 1. The Labute approximate surface area is 135 Å². The van der Waals surface area contributed by atoms with E-state index in [1.54, 1.807) is 0 Å². The average molecular weight is 326 g/mol. The smallest absolute Gasteiger partial charge is 0.287 e. The molecule has 22 heavy (non-hydrogen) atoms. The van der Waals surface area contributed by atoms with E-state index in [-0.39, 0.29) is 18.0 Å². The lowest BCUT2D eigenvalue weighted by Crippen LogP contribution is -2.61. The number of aryl methyl sites for hydroxylation is 1. The molecule has 1 saturated carbocycles. The molecule has 0 bridgehead atoms. The zero-order valence-electron chi connectivity index (χ0n) is 12.9. The molecule has 6 nitrogen and oxygen atoms in total. The largest absolute Gasteiger partial charge is 0.345 e. The van der Waals surface area contributed by atoms with Gasteiger partial charge in [0.1, 0.15) is 0 Å². The van der Waals surface area contributed by atoms with Crippen molar-refractivity contribution in [2.24, 2.45) is 0 Å². The fourth-order valence-electron chi connectivity index (χ4n) is 3.05. The predicted molar refractivity (Wildman–Crippen MR) is 86.3 cm³/mol. The van der Waals surface area contributed by atoms with E-state index in [1.807, 2.05) is 6.92 Å². The number of hydrogen-bond acceptors (Lipinski definition) is 4. The summed E-state index contributed by atoms with van der Waals surface area (Å²) in [5.74, 6) is 0.136. The number of aromatic amines is 1. The molecule has 1 aliphatic carbocycles. The fourth-order valence-corrected chi connectivity index (χ4v) is 3.32. The van der Waals surface area contributed by atoms with Gasteiger partial charge >= 0.3 is 0 Å². The third-order valence-corrected chi connectivity index (χ3v) is 4.96. The SMILES string of the molecule is CCc1[nH]c(C(=O)NC2CCNCC2NC2CCC2)nc1Cl. The first-order chi connectivity index (χ1) is 10.7. The number of halogens is 1. The molecule has 2 heterocycles. The minimum absolute atomic E-state index is 0.128. The molecule has 3 rings (SSSR count). The van der Waals surface area contributed by atoms with Crippen molar-refractivity contribution in [3.8, 4) is 0 Å². The number of hydrogen-bond donors (Lipinski definition) is 4. The summed E-state index contributed by atoms with van der Waals surface area (Å²) in [4.78, 5) is 19.5. The number of amides is 1. The Morgan fingerprint density at radius 1 is 1.36 bits per heavy atom. The normalized spacial score (nSPS) is 25.7. The highest BCUT2D eigenvalue weighted by atomic mass is 35.5. The summed E-state index contributed by atoms with van der Waals surface area (Å²) in [6, 6.07) is 1.01. The number of H-pyrrole nitrogens is 1. The van der Waals surface area contributed by atoms with Crippen molar-refractivity contribution in [3.63, 3.8) is 0 Å². The number of rotatable bonds is 5. The minimum atomic E-state index is -0.172. The molecule has 1 aromatic heterocycles. The summed E-state index contributed by atoms with van der Waals surface area (Å²) < 4.78 is 0. The maximum absolute atomic E-state index is 12.4. The standard InChI is InChI=1S/C15H24ClN5O/c1-2-10-13(16)21-14(19-10)15(22)20-11-6-7-17-8-12(11)18-9-4-3-5-9/h9,11-12,17-18H,2-8H2,1H3,(H,19,21)(H,20,22). The van der Waals surface area contributed by atoms with Crippen molar-refractivity contribution in [3.05, 3.63) is 16.7 Å². The number of piperidine rings is 1. The number of imidazole rings is 1. The van der Waals surface area contributed by atoms with Gasteiger partial charge in [0.05, 0.1) is 5.69 Å². The molecule has 4 N–H and O–H groups in total. The first kappa shape index (κ1) is 15.8. The highest BCUT2D eigenvalue weighted by Crippen LogP contribution is 2.20. The number of aromatic nitrogens is 2. The third kappa shape index (κ3) is 3.45. The third-order valence-electron chi connectivity index (χ3n) is 4.65. The molecule has 1 amide bonds. The van der Waals surface area contributed by atoms with Crippen LogP contribution in [0.5, 0.6) is 0 Å². The van der Waals surface area contributed by atoms with Gasteiger partial charge in [-0.25, -0.2) is 4.98 Å². The molecule has 122 valence electrons. The summed E-state index contributed by atoms with van der Waals surface area (Å²) in [5.41, 5.74) is 0.807. The second-order valence-electron chi connectivity index (χ2n) is 6.18. The van der Waals surface area contributed by atoms with Gasteiger partial charge < -0.3 is 20.9 Å². The summed E-state index contributed by atoms with van der Waals surface area (Å²) in [6.45, 7) is 3.79. The molecular formula is C15H24ClN5O. The number of carbonyl (C=O) groups excluding carboxylic acids is 1. The van der Waals surface area contributed by atoms with Gasteiger partial charge in [0.15, 0.2) is 11.0 Å². The van der Waals surface area contributed by atoms with Crippen molar-refractivity contribution in [1.82, 2.24) is 25.9 Å². The quantitative estimate of drug-likeness (QED) is 0.656. The molecule has 2 aliphatic rings. The average Bonchev–Trinajstić information content (AvgIpc) is 2.85. The lowest BCUT2D eigenvalue weighted by molar-refractivity contribution is 0.0903. The van der Waals surface area contributed by atoms with E-state index < -0.39 is 0 Å². The van der Waals surface area contributed by atoms with Crippen LogP contribution < -0.4 is 16.0 Å². The molecule has 0 aromatic carbocycles. The van der Waals surface area contributed by atoms with Crippen molar-refractivity contribution in [2.75, 3.05) is 13.1 Å². The van der Waals surface area contributed by atoms with Crippen molar-refractivity contribution in [1.29, 1.82) is 0 Å². The highest BCUT2D eigenvalue weighted by Gasteiger charge is 2.30. The molecule has 1 saturated heterocycles. The first-order valence-electron chi connectivity index (χ1n) is 8.19. The van der Waals surface area contributed by atoms with Gasteiger partial charge in [-0.1, -0.05) is 24.9 Å². The van der Waals surface area contributed by atoms with Gasteiger partial charge in [-0.05, 0) is 32.2 Å². The molecule has 0 radical (unpaired) electrons. The summed E-state index contributed by atoms with van der Waals surface area (Å²) >= 11 is 6.01. The zero-order valence-corrected chi connectivity index (χ0v) is 13.7. The van der Waals surface area contributed by atoms with E-state index in [9.17, 15) is 4.79 Å². The van der Waals surface area contributed by atoms with E-state index in [4.69, 9.17) is 11.6 Å². The molecule has 1 aliphatic heterocycles. The van der Waals surface area contributed by atoms with Crippen LogP contribution in [-0.2, 0) is 6.42 Å². The van der Waals surface area contributed by atoms with E-state index in [1.165, 1.54) is 19.3 Å². The molecular weight excluding hydrogens is 302 g/mol. The molecule has 2 atom stereocenters. The summed E-state index contributed by atoms with van der Waals surface area (Å²) in [5, 5.41) is 10.6. The molecule has 2 unspecified atom stereocenters. The summed E-state index contributed by atoms with van der Waals surface area (Å²) in [6.07, 6.45) is 5.44. The van der Waals surface area contributed by atoms with Crippen LogP contribution in [0.1, 0.15) is 48.9 Å². The van der Waals surface area contributed by atoms with E-state index in [2.05, 4.69) is 25.9 Å². The predicted octanol–water partition coefficient (Wildman–Crippen LogP) is 1.23. The second-order valence-corrected chi connectivity index (χ2v) is 6.54. The van der Waals surface area contributed by atoms with Crippen molar-refractivity contribution in [2.45, 2.75) is 57.2 Å². The lowest BCUT2D eigenvalue weighted by atomic mass is 9.90. The Kier molecular flexibility index (Phi) is 5.00. The van der Waals surface area contributed by atoms with E-state index in [0.29, 0.717) is 17.0 Å². The Morgan fingerprint density at radius 3 is 2.82 bits per heavy atom. The van der Waals surface area contributed by atoms with Crippen LogP contribution in [0.4, 0.5) is 0 Å². The van der Waals surface area contributed by atoms with E-state index in [0.717, 1.165) is 31.6 Å². The second kappa shape index (κ2) is 6.98. The van der Waals surface area contributed by atoms with Crippen LogP contribution in [0.15, 0.2) is 0 Å². The van der Waals surface area contributed by atoms with Crippen LogP contribution in [0.3, 0.4) is 0 Å². The Balaban J connectivity index is 1.62. The van der Waals surface area contributed by atoms with Crippen LogP contribution in [0.2, 0.25) is 5.15 Å². The van der Waals surface area contributed by atoms with E-state index >= 15 is 0 Å². The topological polar surface area (TPSA) is 81.8 Å². The van der Waals surface area contributed by atoms with Crippen LogP contribution >= 0.6 is 11.6 Å². The summed E-state index contributed by atoms with van der Waals surface area (Å²) in [7, 11) is 0. The Bertz CT molecular complexity index is 528. The Hall–Kier alpha value is -1.11. The van der Waals surface area contributed by atoms with Crippen molar-refractivity contribution >= 4 is 17.5 Å². The molecule has 7 heteroatoms. The van der Waals surface area contributed by atoms with Crippen LogP contribution in [-0.4, -0.2) is 47.1 Å². The van der Waals surface area contributed by atoms with Gasteiger partial charge in [-0.3, -0.25) is 4.79 Å². The van der Waals surface area contributed by atoms with Crippen molar-refractivity contribution < 1.29 is 4.79 Å². The molecule has 1 aromatic rings. The highest BCUT2D eigenvalue weighted by molar-refractivity contribution is 6.30. The molecule has 2 fully saturated rings. The van der Waals surface area contributed by atoms with Crippen LogP contribution in [0, 0.1) is 0 Å². The van der Waals surface area contributed by atoms with Crippen LogP contribution in [0.25, 0.3) is 0 Å². The lowest BCUT2D eigenvalue weighted by Gasteiger charge is -2.38. The van der Waals surface area contributed by atoms with Gasteiger partial charge in [-0.15, -0.1) is 0 Å². The van der Waals surface area contributed by atoms with Gasteiger partial charge in [0, 0.05) is 24.7 Å². The maximum Gasteiger partial charge on any atom is 0.287 e. The minimum Gasteiger partial charge on any atom is -0.345 e. The van der Waals surface area contributed by atoms with Gasteiger partial charge in [0.2, 0.25) is 0 Å². The Morgan fingerprint density at radius 2 is 2.18 bits per heavy atom. The zero-order chi connectivity index (χ0) is 15.5. The van der Waals surface area contributed by atoms with Gasteiger partial charge in [0.25, 0.3) is 5.91 Å². The van der Waals surface area contributed by atoms with Gasteiger partial charge in [-0.2, -0.15) is 0 Å². The maximum atomic E-state index is 12.4. The molecule has 0 spiro atoms. The first-order valence-corrected chi connectivity index (χ1v) is 8.57.